The smallest absolute Gasteiger partial charge is 0.305 e. The summed E-state index contributed by atoms with van der Waals surface area (Å²) in [6, 6.07) is 0. The highest BCUT2D eigenvalue weighted by atomic mass is 16.5. The van der Waals surface area contributed by atoms with Crippen LogP contribution in [0.4, 0.5) is 0 Å². The Morgan fingerprint density at radius 1 is 1.11 bits per heavy atom. The average molecular weight is 272 g/mol. The SMILES string of the molecule is CC[C@H](CCC(C)=O)COC(=O)CCCCC(=O)O. The van der Waals surface area contributed by atoms with E-state index in [1.165, 1.54) is 0 Å². The Kier molecular flexibility index (Phi) is 9.75. The van der Waals surface area contributed by atoms with Gasteiger partial charge in [0.2, 0.25) is 0 Å². The van der Waals surface area contributed by atoms with E-state index < -0.39 is 5.97 Å². The van der Waals surface area contributed by atoms with Crippen LogP contribution < -0.4 is 0 Å². The number of hydrogen-bond donors (Lipinski definition) is 1. The summed E-state index contributed by atoms with van der Waals surface area (Å²) in [4.78, 5) is 32.6. The third-order valence-corrected chi connectivity index (χ3v) is 2.98. The lowest BCUT2D eigenvalue weighted by Gasteiger charge is -2.14. The van der Waals surface area contributed by atoms with Crippen molar-refractivity contribution in [2.75, 3.05) is 6.61 Å². The summed E-state index contributed by atoms with van der Waals surface area (Å²) >= 11 is 0. The number of carbonyl (C=O) groups excluding carboxylic acids is 2. The second kappa shape index (κ2) is 10.5. The Balaban J connectivity index is 3.68. The van der Waals surface area contributed by atoms with E-state index in [9.17, 15) is 14.4 Å². The number of aliphatic carboxylic acids is 1. The lowest BCUT2D eigenvalue weighted by molar-refractivity contribution is -0.145. The first kappa shape index (κ1) is 17.6. The van der Waals surface area contributed by atoms with Crippen molar-refractivity contribution < 1.29 is 24.2 Å². The van der Waals surface area contributed by atoms with Crippen molar-refractivity contribution >= 4 is 17.7 Å². The Morgan fingerprint density at radius 2 is 1.74 bits per heavy atom. The van der Waals surface area contributed by atoms with Crippen molar-refractivity contribution in [3.05, 3.63) is 0 Å². The van der Waals surface area contributed by atoms with E-state index >= 15 is 0 Å². The number of esters is 1. The predicted octanol–water partition coefficient (Wildman–Crippen LogP) is 2.57. The summed E-state index contributed by atoms with van der Waals surface area (Å²) in [6.45, 7) is 3.91. The van der Waals surface area contributed by atoms with Crippen LogP contribution in [0.15, 0.2) is 0 Å². The summed E-state index contributed by atoms with van der Waals surface area (Å²) in [6.07, 6.45) is 3.52. The molecule has 0 saturated heterocycles. The third-order valence-electron chi connectivity index (χ3n) is 2.98. The van der Waals surface area contributed by atoms with Crippen molar-refractivity contribution in [1.82, 2.24) is 0 Å². The van der Waals surface area contributed by atoms with Gasteiger partial charge in [-0.25, -0.2) is 0 Å². The highest BCUT2D eigenvalue weighted by molar-refractivity contribution is 5.75. The van der Waals surface area contributed by atoms with E-state index in [1.807, 2.05) is 6.92 Å². The molecule has 0 aromatic carbocycles. The number of unbranched alkanes of at least 4 members (excludes halogenated alkanes) is 1. The first-order valence-electron chi connectivity index (χ1n) is 6.82. The predicted molar refractivity (Wildman–Crippen MR) is 70.8 cm³/mol. The Bertz CT molecular complexity index is 298. The first-order chi connectivity index (χ1) is 8.95. The lowest BCUT2D eigenvalue weighted by atomic mass is 10.0. The summed E-state index contributed by atoms with van der Waals surface area (Å²) in [5.74, 6) is -0.749. The maximum Gasteiger partial charge on any atom is 0.305 e. The molecule has 5 nitrogen and oxygen atoms in total. The number of carbonyl (C=O) groups is 3. The van der Waals surface area contributed by atoms with Crippen molar-refractivity contribution in [3.8, 4) is 0 Å². The normalized spacial score (nSPS) is 11.9. The topological polar surface area (TPSA) is 80.7 Å². The molecule has 0 aromatic rings. The van der Waals surface area contributed by atoms with Crippen molar-refractivity contribution in [3.63, 3.8) is 0 Å². The van der Waals surface area contributed by atoms with Gasteiger partial charge in [0.25, 0.3) is 0 Å². The molecule has 0 fully saturated rings. The highest BCUT2D eigenvalue weighted by Crippen LogP contribution is 2.12. The third kappa shape index (κ3) is 11.4. The molecule has 0 aliphatic heterocycles. The number of hydrogen-bond acceptors (Lipinski definition) is 4. The van der Waals surface area contributed by atoms with Crippen LogP contribution >= 0.6 is 0 Å². The fraction of sp³-hybridized carbons (Fsp3) is 0.786. The Labute approximate surface area is 114 Å². The number of ether oxygens (including phenoxy) is 1. The van der Waals surface area contributed by atoms with Crippen LogP contribution in [0.25, 0.3) is 0 Å². The first-order valence-corrected chi connectivity index (χ1v) is 6.82. The number of rotatable bonds is 11. The van der Waals surface area contributed by atoms with Crippen LogP contribution in [-0.2, 0) is 19.1 Å². The zero-order valence-electron chi connectivity index (χ0n) is 11.8. The van der Waals surface area contributed by atoms with E-state index in [4.69, 9.17) is 9.84 Å². The molecule has 0 heterocycles. The van der Waals surface area contributed by atoms with Crippen LogP contribution in [0.5, 0.6) is 0 Å². The Morgan fingerprint density at radius 3 is 2.26 bits per heavy atom. The van der Waals surface area contributed by atoms with Gasteiger partial charge in [-0.3, -0.25) is 9.59 Å². The molecule has 5 heteroatoms. The van der Waals surface area contributed by atoms with Gasteiger partial charge in [0, 0.05) is 19.3 Å². The molecule has 0 unspecified atom stereocenters. The van der Waals surface area contributed by atoms with Crippen LogP contribution in [0.1, 0.15) is 58.8 Å². The fourth-order valence-corrected chi connectivity index (χ4v) is 1.64. The Hall–Kier alpha value is -1.39. The number of carboxylic acid groups (broad SMARTS) is 1. The van der Waals surface area contributed by atoms with Gasteiger partial charge in [0.1, 0.15) is 5.78 Å². The quantitative estimate of drug-likeness (QED) is 0.462. The van der Waals surface area contributed by atoms with Crippen LogP contribution in [-0.4, -0.2) is 29.4 Å². The van der Waals surface area contributed by atoms with Crippen molar-refractivity contribution in [1.29, 1.82) is 0 Å². The molecule has 0 spiro atoms. The molecule has 0 bridgehead atoms. The summed E-state index contributed by atoms with van der Waals surface area (Å²) in [5.41, 5.74) is 0. The van der Waals surface area contributed by atoms with Gasteiger partial charge in [-0.05, 0) is 32.1 Å². The molecule has 0 aromatic heterocycles. The standard InChI is InChI=1S/C14H24O5/c1-3-12(9-8-11(2)15)10-19-14(18)7-5-4-6-13(16)17/h12H,3-10H2,1-2H3,(H,16,17)/t12-/m1/s1. The van der Waals surface area contributed by atoms with Gasteiger partial charge in [-0.2, -0.15) is 0 Å². The number of ketones is 1. The van der Waals surface area contributed by atoms with Crippen molar-refractivity contribution in [2.45, 2.75) is 58.8 Å². The zero-order valence-corrected chi connectivity index (χ0v) is 11.8. The number of Topliss-reactive ketones (excluding diaryl/α,β-unsaturated/α-hetero) is 1. The summed E-state index contributed by atoms with van der Waals surface area (Å²) in [7, 11) is 0. The van der Waals surface area contributed by atoms with Crippen molar-refractivity contribution in [2.24, 2.45) is 5.92 Å². The molecule has 0 aliphatic rings. The van der Waals surface area contributed by atoms with E-state index in [0.717, 1.165) is 12.8 Å². The molecule has 0 aliphatic carbocycles. The molecule has 1 atom stereocenters. The van der Waals surface area contributed by atoms with Crippen LogP contribution in [0, 0.1) is 5.92 Å². The monoisotopic (exact) mass is 272 g/mol. The maximum atomic E-state index is 11.4. The van der Waals surface area contributed by atoms with Crippen LogP contribution in [0.3, 0.4) is 0 Å². The number of carboxylic acids is 1. The van der Waals surface area contributed by atoms with Gasteiger partial charge in [0.15, 0.2) is 0 Å². The van der Waals surface area contributed by atoms with Gasteiger partial charge in [0.05, 0.1) is 6.61 Å². The molecule has 0 rings (SSSR count). The van der Waals surface area contributed by atoms with E-state index in [1.54, 1.807) is 6.92 Å². The summed E-state index contributed by atoms with van der Waals surface area (Å²) in [5, 5.41) is 8.45. The minimum absolute atomic E-state index is 0.0868. The molecule has 1 N–H and O–H groups in total. The summed E-state index contributed by atoms with van der Waals surface area (Å²) < 4.78 is 5.14. The molecular formula is C14H24O5. The van der Waals surface area contributed by atoms with Gasteiger partial charge < -0.3 is 14.6 Å². The molecule has 19 heavy (non-hydrogen) atoms. The molecule has 0 amide bonds. The average Bonchev–Trinajstić information content (AvgIpc) is 2.34. The second-order valence-electron chi connectivity index (χ2n) is 4.80. The zero-order chi connectivity index (χ0) is 14.7. The minimum atomic E-state index is -0.844. The fourth-order valence-electron chi connectivity index (χ4n) is 1.64. The van der Waals surface area contributed by atoms with E-state index in [0.29, 0.717) is 25.9 Å². The minimum Gasteiger partial charge on any atom is -0.481 e. The largest absolute Gasteiger partial charge is 0.481 e. The van der Waals surface area contributed by atoms with E-state index in [2.05, 4.69) is 0 Å². The highest BCUT2D eigenvalue weighted by Gasteiger charge is 2.11. The lowest BCUT2D eigenvalue weighted by Crippen LogP contribution is -2.14. The van der Waals surface area contributed by atoms with Crippen LogP contribution in [0.2, 0.25) is 0 Å². The molecule has 0 saturated carbocycles. The molecule has 110 valence electrons. The maximum absolute atomic E-state index is 11.4. The molecule has 0 radical (unpaired) electrons. The van der Waals surface area contributed by atoms with Gasteiger partial charge in [-0.15, -0.1) is 0 Å². The molecular weight excluding hydrogens is 248 g/mol. The van der Waals surface area contributed by atoms with E-state index in [-0.39, 0.29) is 30.5 Å². The van der Waals surface area contributed by atoms with Gasteiger partial charge >= 0.3 is 11.9 Å². The van der Waals surface area contributed by atoms with Gasteiger partial charge in [-0.1, -0.05) is 13.3 Å². The second-order valence-corrected chi connectivity index (χ2v) is 4.80.